The van der Waals surface area contributed by atoms with Gasteiger partial charge in [-0.25, -0.2) is 5.01 Å². The highest BCUT2D eigenvalue weighted by atomic mass is 79.9. The molecule has 1 N–H and O–H groups in total. The molecule has 0 radical (unpaired) electrons. The van der Waals surface area contributed by atoms with Crippen molar-refractivity contribution in [3.8, 4) is 0 Å². The fraction of sp³-hybridized carbons (Fsp3) is 0.176. The summed E-state index contributed by atoms with van der Waals surface area (Å²) >= 11 is 12.5. The predicted octanol–water partition coefficient (Wildman–Crippen LogP) is 4.87. The molecule has 2 aromatic rings. The monoisotopic (exact) mass is 451 g/mol. The molecule has 0 saturated heterocycles. The molecule has 1 aliphatic rings. The molecule has 118 valence electrons. The second-order valence-corrected chi connectivity index (χ2v) is 7.45. The summed E-state index contributed by atoms with van der Waals surface area (Å²) in [5, 5.41) is 10.3. The number of hydrogen-bond acceptors (Lipinski definition) is 2. The summed E-state index contributed by atoms with van der Waals surface area (Å²) in [5.74, 6) is 0. The molecular formula is C17H15Br2N3S. The van der Waals surface area contributed by atoms with Gasteiger partial charge in [0.1, 0.15) is 0 Å². The molecule has 3 nitrogen and oxygen atoms in total. The Hall–Kier alpha value is -1.24. The van der Waals surface area contributed by atoms with Gasteiger partial charge in [-0.1, -0.05) is 56.1 Å². The number of halogens is 2. The van der Waals surface area contributed by atoms with Gasteiger partial charge >= 0.3 is 0 Å². The SMILES string of the molecule is CNC(=S)N1N=C(c2cccc(Br)c2)CC1c1cccc(Br)c1. The average molecular weight is 453 g/mol. The van der Waals surface area contributed by atoms with Crippen LogP contribution in [-0.2, 0) is 0 Å². The lowest BCUT2D eigenvalue weighted by atomic mass is 9.99. The van der Waals surface area contributed by atoms with Crippen molar-refractivity contribution in [1.82, 2.24) is 10.3 Å². The van der Waals surface area contributed by atoms with Crippen molar-refractivity contribution in [3.63, 3.8) is 0 Å². The first kappa shape index (κ1) is 16.6. The third kappa shape index (κ3) is 3.65. The molecule has 1 atom stereocenters. The van der Waals surface area contributed by atoms with E-state index in [0.717, 1.165) is 26.6 Å². The van der Waals surface area contributed by atoms with Gasteiger partial charge in [-0.3, -0.25) is 0 Å². The average Bonchev–Trinajstić information content (AvgIpc) is 2.99. The number of benzene rings is 2. The molecule has 0 amide bonds. The first-order valence-corrected chi connectivity index (χ1v) is 9.17. The van der Waals surface area contributed by atoms with Gasteiger partial charge < -0.3 is 5.32 Å². The van der Waals surface area contributed by atoms with E-state index in [4.69, 9.17) is 17.3 Å². The van der Waals surface area contributed by atoms with Crippen molar-refractivity contribution in [3.05, 3.63) is 68.6 Å². The van der Waals surface area contributed by atoms with Gasteiger partial charge in [0.2, 0.25) is 0 Å². The van der Waals surface area contributed by atoms with E-state index in [1.54, 1.807) is 0 Å². The molecule has 0 saturated carbocycles. The van der Waals surface area contributed by atoms with Crippen molar-refractivity contribution >= 4 is 54.9 Å². The minimum absolute atomic E-state index is 0.0985. The van der Waals surface area contributed by atoms with Crippen LogP contribution < -0.4 is 5.32 Å². The lowest BCUT2D eigenvalue weighted by molar-refractivity contribution is 0.366. The second-order valence-electron chi connectivity index (χ2n) is 5.23. The molecule has 1 aliphatic heterocycles. The summed E-state index contributed by atoms with van der Waals surface area (Å²) in [6, 6.07) is 16.6. The van der Waals surface area contributed by atoms with Gasteiger partial charge in [0.15, 0.2) is 5.11 Å². The van der Waals surface area contributed by atoms with Crippen LogP contribution in [0.25, 0.3) is 0 Å². The van der Waals surface area contributed by atoms with Crippen LogP contribution in [0.3, 0.4) is 0 Å². The lowest BCUT2D eigenvalue weighted by Gasteiger charge is -2.23. The topological polar surface area (TPSA) is 27.6 Å². The van der Waals surface area contributed by atoms with E-state index in [0.29, 0.717) is 5.11 Å². The van der Waals surface area contributed by atoms with E-state index in [2.05, 4.69) is 61.4 Å². The number of hydrazone groups is 1. The molecule has 0 aromatic heterocycles. The van der Waals surface area contributed by atoms with Crippen molar-refractivity contribution < 1.29 is 0 Å². The Kier molecular flexibility index (Phi) is 5.14. The molecule has 2 aromatic carbocycles. The zero-order valence-electron chi connectivity index (χ0n) is 12.5. The maximum atomic E-state index is 5.44. The summed E-state index contributed by atoms with van der Waals surface area (Å²) < 4.78 is 2.10. The van der Waals surface area contributed by atoms with Gasteiger partial charge in [-0.05, 0) is 47.6 Å². The van der Waals surface area contributed by atoms with Gasteiger partial charge in [0, 0.05) is 22.4 Å². The van der Waals surface area contributed by atoms with E-state index < -0.39 is 0 Å². The van der Waals surface area contributed by atoms with Crippen LogP contribution in [0.15, 0.2) is 62.6 Å². The van der Waals surface area contributed by atoms with Crippen molar-refractivity contribution in [2.45, 2.75) is 12.5 Å². The number of nitrogens with zero attached hydrogens (tertiary/aromatic N) is 2. The molecule has 1 unspecified atom stereocenters. The van der Waals surface area contributed by atoms with Crippen LogP contribution in [-0.4, -0.2) is 22.9 Å². The van der Waals surface area contributed by atoms with Crippen LogP contribution in [0.2, 0.25) is 0 Å². The Bertz CT molecular complexity index is 776. The highest BCUT2D eigenvalue weighted by molar-refractivity contribution is 9.10. The summed E-state index contributed by atoms with van der Waals surface area (Å²) in [5.41, 5.74) is 3.33. The minimum atomic E-state index is 0.0985. The van der Waals surface area contributed by atoms with Gasteiger partial charge in [0.05, 0.1) is 11.8 Å². The first-order chi connectivity index (χ1) is 11.1. The number of nitrogens with one attached hydrogen (secondary N) is 1. The van der Waals surface area contributed by atoms with Gasteiger partial charge in [-0.15, -0.1) is 0 Å². The molecule has 6 heteroatoms. The Morgan fingerprint density at radius 3 is 2.52 bits per heavy atom. The fourth-order valence-electron chi connectivity index (χ4n) is 2.63. The summed E-state index contributed by atoms with van der Waals surface area (Å²) in [6.45, 7) is 0. The molecule has 3 rings (SSSR count). The van der Waals surface area contributed by atoms with Gasteiger partial charge in [-0.2, -0.15) is 5.10 Å². The smallest absolute Gasteiger partial charge is 0.189 e. The van der Waals surface area contributed by atoms with Crippen molar-refractivity contribution in [2.24, 2.45) is 5.10 Å². The standard InChI is InChI=1S/C17H15Br2N3S/c1-20-17(23)22-16(12-5-3-7-14(19)9-12)10-15(21-22)11-4-2-6-13(18)8-11/h2-9,16H,10H2,1H3,(H,20,23). The summed E-state index contributed by atoms with van der Waals surface area (Å²) in [6.07, 6.45) is 0.814. The first-order valence-electron chi connectivity index (χ1n) is 7.18. The third-order valence-corrected chi connectivity index (χ3v) is 5.10. The zero-order valence-corrected chi connectivity index (χ0v) is 16.5. The Balaban J connectivity index is 1.97. The van der Waals surface area contributed by atoms with E-state index >= 15 is 0 Å². The van der Waals surface area contributed by atoms with Crippen LogP contribution in [0, 0.1) is 0 Å². The second kappa shape index (κ2) is 7.11. The van der Waals surface area contributed by atoms with Crippen molar-refractivity contribution in [2.75, 3.05) is 7.05 Å². The molecule has 0 fully saturated rings. The van der Waals surface area contributed by atoms with E-state index in [-0.39, 0.29) is 6.04 Å². The van der Waals surface area contributed by atoms with Gasteiger partial charge in [0.25, 0.3) is 0 Å². The van der Waals surface area contributed by atoms with Crippen LogP contribution in [0.1, 0.15) is 23.6 Å². The Morgan fingerprint density at radius 2 is 1.87 bits per heavy atom. The van der Waals surface area contributed by atoms with E-state index in [1.165, 1.54) is 5.56 Å². The van der Waals surface area contributed by atoms with Crippen molar-refractivity contribution in [1.29, 1.82) is 0 Å². The summed E-state index contributed by atoms with van der Waals surface area (Å²) in [4.78, 5) is 0. The fourth-order valence-corrected chi connectivity index (χ4v) is 3.61. The zero-order chi connectivity index (χ0) is 16.4. The van der Waals surface area contributed by atoms with E-state index in [9.17, 15) is 0 Å². The van der Waals surface area contributed by atoms with Crippen LogP contribution >= 0.6 is 44.1 Å². The molecule has 0 bridgehead atoms. The molecule has 0 spiro atoms. The maximum Gasteiger partial charge on any atom is 0.189 e. The largest absolute Gasteiger partial charge is 0.364 e. The number of rotatable bonds is 2. The molecule has 23 heavy (non-hydrogen) atoms. The molecule has 0 aliphatic carbocycles. The normalized spacial score (nSPS) is 17.1. The summed E-state index contributed by atoms with van der Waals surface area (Å²) in [7, 11) is 1.83. The molecular weight excluding hydrogens is 438 g/mol. The highest BCUT2D eigenvalue weighted by Crippen LogP contribution is 2.34. The highest BCUT2D eigenvalue weighted by Gasteiger charge is 2.31. The van der Waals surface area contributed by atoms with E-state index in [1.807, 2.05) is 36.3 Å². The Morgan fingerprint density at radius 1 is 1.17 bits per heavy atom. The van der Waals surface area contributed by atoms with Crippen LogP contribution in [0.5, 0.6) is 0 Å². The third-order valence-electron chi connectivity index (χ3n) is 3.72. The number of thiocarbonyl (C=S) groups is 1. The molecule has 1 heterocycles. The number of hydrogen-bond donors (Lipinski definition) is 1. The quantitative estimate of drug-likeness (QED) is 0.659. The lowest BCUT2D eigenvalue weighted by Crippen LogP contribution is -2.34. The van der Waals surface area contributed by atoms with Crippen LogP contribution in [0.4, 0.5) is 0 Å². The maximum absolute atomic E-state index is 5.44. The predicted molar refractivity (Wildman–Crippen MR) is 106 cm³/mol. The minimum Gasteiger partial charge on any atom is -0.364 e. The Labute approximate surface area is 158 Å².